The molecule has 0 fully saturated rings. The zero-order valence-corrected chi connectivity index (χ0v) is 14.9. The number of amides is 1. The molecule has 1 aliphatic carbocycles. The van der Waals surface area contributed by atoms with Crippen LogP contribution in [0.25, 0.3) is 10.2 Å². The fourth-order valence-corrected chi connectivity index (χ4v) is 4.44. The molecule has 0 bridgehead atoms. The topological polar surface area (TPSA) is 68.0 Å². The Morgan fingerprint density at radius 3 is 2.75 bits per heavy atom. The zero-order chi connectivity index (χ0) is 16.8. The van der Waals surface area contributed by atoms with Crippen molar-refractivity contribution < 1.29 is 4.79 Å². The highest BCUT2D eigenvalue weighted by atomic mass is 35.5. The number of pyridine rings is 1. The number of fused-ring (bicyclic) bond motifs is 2. The van der Waals surface area contributed by atoms with Crippen molar-refractivity contribution in [2.24, 2.45) is 0 Å². The highest BCUT2D eigenvalue weighted by molar-refractivity contribution is 7.21. The van der Waals surface area contributed by atoms with Crippen molar-refractivity contribution in [2.75, 3.05) is 11.1 Å². The summed E-state index contributed by atoms with van der Waals surface area (Å²) < 4.78 is 0. The summed E-state index contributed by atoms with van der Waals surface area (Å²) in [5.74, 6) is -0.328. The maximum atomic E-state index is 12.6. The van der Waals surface area contributed by atoms with Crippen LogP contribution in [0.3, 0.4) is 0 Å². The predicted molar refractivity (Wildman–Crippen MR) is 100 cm³/mol. The highest BCUT2D eigenvalue weighted by Crippen LogP contribution is 2.37. The van der Waals surface area contributed by atoms with Crippen molar-refractivity contribution in [1.82, 2.24) is 4.98 Å². The van der Waals surface area contributed by atoms with Crippen LogP contribution < -0.4 is 11.1 Å². The maximum absolute atomic E-state index is 12.6. The van der Waals surface area contributed by atoms with Crippen LogP contribution in [-0.2, 0) is 12.8 Å². The van der Waals surface area contributed by atoms with E-state index < -0.39 is 0 Å². The van der Waals surface area contributed by atoms with Gasteiger partial charge in [0.2, 0.25) is 0 Å². The van der Waals surface area contributed by atoms with Gasteiger partial charge < -0.3 is 11.1 Å². The number of nitrogens with zero attached hydrogens (tertiary/aromatic N) is 1. The monoisotopic (exact) mass is 377 g/mol. The lowest BCUT2D eigenvalue weighted by atomic mass is 10.1. The van der Waals surface area contributed by atoms with Gasteiger partial charge in [0.15, 0.2) is 0 Å². The highest BCUT2D eigenvalue weighted by Gasteiger charge is 2.22. The first kappa shape index (κ1) is 15.7. The summed E-state index contributed by atoms with van der Waals surface area (Å²) in [5.41, 5.74) is 9.40. The average Bonchev–Trinajstić information content (AvgIpc) is 3.13. The standard InChI is InChI=1S/C17H13Cl2N3OS/c18-10-4-2-5-11(19)14(10)22-16(23)15-13(20)9-7-8-3-1-6-12(8)21-17(9)24-15/h2,4-5,7H,1,3,6,20H2,(H,22,23). The average molecular weight is 378 g/mol. The van der Waals surface area contributed by atoms with Crippen LogP contribution in [-0.4, -0.2) is 10.9 Å². The Morgan fingerprint density at radius 2 is 2.00 bits per heavy atom. The van der Waals surface area contributed by atoms with Crippen LogP contribution in [0.4, 0.5) is 11.4 Å². The van der Waals surface area contributed by atoms with E-state index in [9.17, 15) is 4.79 Å². The Labute approximate surface area is 152 Å². The molecule has 0 saturated heterocycles. The first-order valence-electron chi connectivity index (χ1n) is 7.50. The third-order valence-corrected chi connectivity index (χ3v) is 5.90. The van der Waals surface area contributed by atoms with Gasteiger partial charge in [-0.05, 0) is 43.0 Å². The minimum absolute atomic E-state index is 0.328. The zero-order valence-electron chi connectivity index (χ0n) is 12.5. The maximum Gasteiger partial charge on any atom is 0.268 e. The number of carbonyl (C=O) groups excluding carboxylic acids is 1. The van der Waals surface area contributed by atoms with Crippen molar-refractivity contribution in [1.29, 1.82) is 0 Å². The third kappa shape index (κ3) is 2.53. The molecule has 0 aliphatic heterocycles. The molecule has 1 aromatic carbocycles. The molecule has 4 nitrogen and oxygen atoms in total. The Morgan fingerprint density at radius 1 is 1.25 bits per heavy atom. The number of nitrogens with two attached hydrogens (primary N) is 1. The minimum Gasteiger partial charge on any atom is -0.397 e. The van der Waals surface area contributed by atoms with Gasteiger partial charge in [-0.3, -0.25) is 4.79 Å². The van der Waals surface area contributed by atoms with Gasteiger partial charge in [-0.2, -0.15) is 0 Å². The van der Waals surface area contributed by atoms with E-state index in [2.05, 4.69) is 16.4 Å². The quantitative estimate of drug-likeness (QED) is 0.665. The second-order valence-corrected chi connectivity index (χ2v) is 7.51. The number of hydrogen-bond acceptors (Lipinski definition) is 4. The van der Waals surface area contributed by atoms with Crippen LogP contribution in [0, 0.1) is 0 Å². The van der Waals surface area contributed by atoms with Crippen molar-refractivity contribution in [3.8, 4) is 0 Å². The lowest BCUT2D eigenvalue weighted by Gasteiger charge is -2.08. The molecule has 0 saturated carbocycles. The number of aryl methyl sites for hydroxylation is 2. The number of para-hydroxylation sites is 1. The van der Waals surface area contributed by atoms with Gasteiger partial charge in [0.1, 0.15) is 9.71 Å². The Bertz CT molecular complexity index is 963. The molecule has 0 spiro atoms. The van der Waals surface area contributed by atoms with Gasteiger partial charge in [0, 0.05) is 11.1 Å². The van der Waals surface area contributed by atoms with E-state index >= 15 is 0 Å². The van der Waals surface area contributed by atoms with Crippen LogP contribution in [0.2, 0.25) is 10.0 Å². The first-order chi connectivity index (χ1) is 11.5. The Kier molecular flexibility index (Phi) is 3.87. The van der Waals surface area contributed by atoms with Crippen molar-refractivity contribution in [3.63, 3.8) is 0 Å². The van der Waals surface area contributed by atoms with Crippen LogP contribution in [0.1, 0.15) is 27.3 Å². The van der Waals surface area contributed by atoms with E-state index in [1.807, 2.05) is 0 Å². The van der Waals surface area contributed by atoms with Crippen LogP contribution >= 0.6 is 34.5 Å². The molecular weight excluding hydrogens is 365 g/mol. The summed E-state index contributed by atoms with van der Waals surface area (Å²) in [6.07, 6.45) is 3.13. The van der Waals surface area contributed by atoms with Gasteiger partial charge in [-0.1, -0.05) is 29.3 Å². The molecule has 2 heterocycles. The number of aromatic nitrogens is 1. The van der Waals surface area contributed by atoms with E-state index in [4.69, 9.17) is 28.9 Å². The van der Waals surface area contributed by atoms with Gasteiger partial charge >= 0.3 is 0 Å². The second kappa shape index (κ2) is 5.92. The summed E-state index contributed by atoms with van der Waals surface area (Å²) in [5, 5.41) is 4.36. The molecular formula is C17H13Cl2N3OS. The fraction of sp³-hybridized carbons (Fsp3) is 0.176. The fourth-order valence-electron chi connectivity index (χ4n) is 2.95. The van der Waals surface area contributed by atoms with Crippen LogP contribution in [0.5, 0.6) is 0 Å². The van der Waals surface area contributed by atoms with Gasteiger partial charge in [0.05, 0.1) is 21.4 Å². The van der Waals surface area contributed by atoms with E-state index in [-0.39, 0.29) is 5.91 Å². The molecule has 122 valence electrons. The molecule has 0 radical (unpaired) electrons. The van der Waals surface area contributed by atoms with Gasteiger partial charge in [-0.25, -0.2) is 4.98 Å². The Balaban J connectivity index is 1.74. The number of carbonyl (C=O) groups is 1. The largest absolute Gasteiger partial charge is 0.397 e. The molecule has 24 heavy (non-hydrogen) atoms. The predicted octanol–water partition coefficient (Wildman–Crippen LogP) is 4.93. The number of nitrogens with one attached hydrogen (secondary N) is 1. The number of benzene rings is 1. The molecule has 3 aromatic rings. The normalized spacial score (nSPS) is 13.2. The number of rotatable bonds is 2. The molecule has 1 amide bonds. The lowest BCUT2D eigenvalue weighted by Crippen LogP contribution is -2.12. The molecule has 1 aliphatic rings. The number of hydrogen-bond donors (Lipinski definition) is 2. The lowest BCUT2D eigenvalue weighted by molar-refractivity contribution is 0.103. The van der Waals surface area contributed by atoms with E-state index in [0.717, 1.165) is 35.2 Å². The molecule has 4 rings (SSSR count). The summed E-state index contributed by atoms with van der Waals surface area (Å²) in [6.45, 7) is 0. The minimum atomic E-state index is -0.328. The molecule has 3 N–H and O–H groups in total. The number of halogens is 2. The van der Waals surface area contributed by atoms with E-state index in [1.54, 1.807) is 18.2 Å². The van der Waals surface area contributed by atoms with Crippen molar-refractivity contribution in [2.45, 2.75) is 19.3 Å². The number of nitrogen functional groups attached to an aromatic ring is 1. The smallest absolute Gasteiger partial charge is 0.268 e. The third-order valence-electron chi connectivity index (χ3n) is 4.16. The molecule has 2 aromatic heterocycles. The van der Waals surface area contributed by atoms with Crippen molar-refractivity contribution in [3.05, 3.63) is 50.4 Å². The number of anilines is 2. The molecule has 0 unspecified atom stereocenters. The first-order valence-corrected chi connectivity index (χ1v) is 9.08. The summed E-state index contributed by atoms with van der Waals surface area (Å²) in [4.78, 5) is 18.5. The van der Waals surface area contributed by atoms with Gasteiger partial charge in [0.25, 0.3) is 5.91 Å². The SMILES string of the molecule is Nc1c(C(=O)Nc2c(Cl)cccc2Cl)sc2nc3c(cc12)CCC3. The van der Waals surface area contributed by atoms with Crippen LogP contribution in [0.15, 0.2) is 24.3 Å². The summed E-state index contributed by atoms with van der Waals surface area (Å²) in [6, 6.07) is 7.13. The number of thiophene rings is 1. The molecule has 0 atom stereocenters. The van der Waals surface area contributed by atoms with E-state index in [1.165, 1.54) is 16.9 Å². The summed E-state index contributed by atoms with van der Waals surface area (Å²) >= 11 is 13.5. The molecule has 7 heteroatoms. The second-order valence-electron chi connectivity index (χ2n) is 5.70. The Hall–Kier alpha value is -1.82. The summed E-state index contributed by atoms with van der Waals surface area (Å²) in [7, 11) is 0. The van der Waals surface area contributed by atoms with Crippen molar-refractivity contribution >= 4 is 62.0 Å². The van der Waals surface area contributed by atoms with E-state index in [0.29, 0.717) is 26.3 Å². The van der Waals surface area contributed by atoms with Gasteiger partial charge in [-0.15, -0.1) is 11.3 Å².